The molecule has 1 aliphatic carbocycles. The number of hydrogen-bond donors (Lipinski definition) is 2. The van der Waals surface area contributed by atoms with Gasteiger partial charge in [-0.05, 0) is 50.4 Å². The van der Waals surface area contributed by atoms with Crippen LogP contribution in [0.2, 0.25) is 0 Å². The van der Waals surface area contributed by atoms with E-state index in [1.165, 1.54) is 12.1 Å². The minimum Gasteiger partial charge on any atom is -0.481 e. The molecule has 1 unspecified atom stereocenters. The van der Waals surface area contributed by atoms with Gasteiger partial charge in [0.15, 0.2) is 6.10 Å². The first kappa shape index (κ1) is 15.8. The lowest BCUT2D eigenvalue weighted by molar-refractivity contribution is -0.127. The van der Waals surface area contributed by atoms with E-state index < -0.39 is 6.10 Å². The smallest absolute Gasteiger partial charge is 0.260 e. The van der Waals surface area contributed by atoms with Crippen molar-refractivity contribution in [1.82, 2.24) is 10.6 Å². The zero-order valence-electron chi connectivity index (χ0n) is 12.6. The number of nitrogens with one attached hydrogen (secondary N) is 2. The first-order valence-electron chi connectivity index (χ1n) is 7.55. The van der Waals surface area contributed by atoms with Gasteiger partial charge in [-0.2, -0.15) is 0 Å². The molecule has 2 rings (SSSR count). The molecule has 2 N–H and O–H groups in total. The second kappa shape index (κ2) is 7.41. The van der Waals surface area contributed by atoms with Crippen LogP contribution in [0.4, 0.5) is 4.39 Å². The second-order valence-electron chi connectivity index (χ2n) is 5.51. The summed E-state index contributed by atoms with van der Waals surface area (Å²) in [6.07, 6.45) is 2.47. The van der Waals surface area contributed by atoms with Crippen LogP contribution in [0.15, 0.2) is 18.2 Å². The summed E-state index contributed by atoms with van der Waals surface area (Å²) >= 11 is 0. The van der Waals surface area contributed by atoms with E-state index in [1.54, 1.807) is 13.0 Å². The maximum Gasteiger partial charge on any atom is 0.260 e. The molecule has 1 saturated carbocycles. The minimum atomic E-state index is -0.621. The van der Waals surface area contributed by atoms with Crippen LogP contribution < -0.4 is 15.4 Å². The molecule has 0 saturated heterocycles. The maximum atomic E-state index is 13.6. The SMILES string of the molecule is CCCNCc1cc(F)cc(OC(C)C(=O)NC2CC2)c1. The molecule has 0 radical (unpaired) electrons. The van der Waals surface area contributed by atoms with Gasteiger partial charge in [0.25, 0.3) is 5.91 Å². The normalized spacial score (nSPS) is 15.6. The average molecular weight is 294 g/mol. The number of benzene rings is 1. The van der Waals surface area contributed by atoms with Crippen LogP contribution in [-0.2, 0) is 11.3 Å². The van der Waals surface area contributed by atoms with Gasteiger partial charge >= 0.3 is 0 Å². The van der Waals surface area contributed by atoms with Crippen molar-refractivity contribution >= 4 is 5.91 Å². The number of halogens is 1. The molecule has 1 aromatic carbocycles. The van der Waals surface area contributed by atoms with Gasteiger partial charge in [0.2, 0.25) is 0 Å². The monoisotopic (exact) mass is 294 g/mol. The largest absolute Gasteiger partial charge is 0.481 e. The Balaban J connectivity index is 1.92. The van der Waals surface area contributed by atoms with Gasteiger partial charge in [-0.1, -0.05) is 6.92 Å². The van der Waals surface area contributed by atoms with Crippen LogP contribution >= 0.6 is 0 Å². The number of rotatable bonds is 8. The lowest BCUT2D eigenvalue weighted by Crippen LogP contribution is -2.37. The summed E-state index contributed by atoms with van der Waals surface area (Å²) in [5, 5.41) is 6.09. The molecule has 1 aliphatic rings. The predicted molar refractivity (Wildman–Crippen MR) is 79.7 cm³/mol. The van der Waals surface area contributed by atoms with Crippen molar-refractivity contribution in [3.8, 4) is 5.75 Å². The van der Waals surface area contributed by atoms with Crippen LogP contribution in [-0.4, -0.2) is 24.6 Å². The fourth-order valence-electron chi connectivity index (χ4n) is 2.00. The van der Waals surface area contributed by atoms with E-state index in [0.29, 0.717) is 18.3 Å². The van der Waals surface area contributed by atoms with Gasteiger partial charge in [0, 0.05) is 18.7 Å². The highest BCUT2D eigenvalue weighted by Crippen LogP contribution is 2.20. The van der Waals surface area contributed by atoms with E-state index in [1.807, 2.05) is 0 Å². The Bertz CT molecular complexity index is 489. The Kier molecular flexibility index (Phi) is 5.56. The van der Waals surface area contributed by atoms with E-state index >= 15 is 0 Å². The van der Waals surface area contributed by atoms with Crippen molar-refractivity contribution in [3.63, 3.8) is 0 Å². The number of carbonyl (C=O) groups excluding carboxylic acids is 1. The maximum absolute atomic E-state index is 13.6. The third-order valence-corrected chi connectivity index (χ3v) is 3.29. The summed E-state index contributed by atoms with van der Waals surface area (Å²) in [5.74, 6) is -0.107. The molecule has 0 heterocycles. The van der Waals surface area contributed by atoms with Crippen LogP contribution in [0.1, 0.15) is 38.7 Å². The van der Waals surface area contributed by atoms with Gasteiger partial charge in [-0.3, -0.25) is 4.79 Å². The highest BCUT2D eigenvalue weighted by atomic mass is 19.1. The van der Waals surface area contributed by atoms with Gasteiger partial charge < -0.3 is 15.4 Å². The zero-order chi connectivity index (χ0) is 15.2. The number of carbonyl (C=O) groups is 1. The highest BCUT2D eigenvalue weighted by Gasteiger charge is 2.26. The molecule has 5 heteroatoms. The lowest BCUT2D eigenvalue weighted by atomic mass is 10.2. The Labute approximate surface area is 125 Å². The predicted octanol–water partition coefficient (Wildman–Crippen LogP) is 2.37. The third-order valence-electron chi connectivity index (χ3n) is 3.29. The average Bonchev–Trinajstić information content (AvgIpc) is 3.22. The molecule has 1 aromatic rings. The van der Waals surface area contributed by atoms with E-state index in [-0.39, 0.29) is 11.7 Å². The molecule has 4 nitrogen and oxygen atoms in total. The quantitative estimate of drug-likeness (QED) is 0.724. The van der Waals surface area contributed by atoms with Crippen molar-refractivity contribution in [1.29, 1.82) is 0 Å². The molecule has 116 valence electrons. The molecule has 1 atom stereocenters. The minimum absolute atomic E-state index is 0.146. The standard InChI is InChI=1S/C16H23FN2O2/c1-3-6-18-10-12-7-13(17)9-15(8-12)21-11(2)16(20)19-14-4-5-14/h7-9,11,14,18H,3-6,10H2,1-2H3,(H,19,20). The van der Waals surface area contributed by atoms with Crippen molar-refractivity contribution in [2.24, 2.45) is 0 Å². The first-order valence-corrected chi connectivity index (χ1v) is 7.55. The zero-order valence-corrected chi connectivity index (χ0v) is 12.6. The highest BCUT2D eigenvalue weighted by molar-refractivity contribution is 5.81. The van der Waals surface area contributed by atoms with Gasteiger partial charge in [-0.15, -0.1) is 0 Å². The summed E-state index contributed by atoms with van der Waals surface area (Å²) in [4.78, 5) is 11.8. The van der Waals surface area contributed by atoms with E-state index in [9.17, 15) is 9.18 Å². The summed E-state index contributed by atoms with van der Waals surface area (Å²) in [6, 6.07) is 4.85. The Hall–Kier alpha value is -1.62. The Morgan fingerprint density at radius 3 is 2.86 bits per heavy atom. The topological polar surface area (TPSA) is 50.4 Å². The summed E-state index contributed by atoms with van der Waals surface area (Å²) in [5.41, 5.74) is 0.813. The third kappa shape index (κ3) is 5.34. The van der Waals surface area contributed by atoms with Crippen molar-refractivity contribution in [2.75, 3.05) is 6.54 Å². The Morgan fingerprint density at radius 2 is 2.19 bits per heavy atom. The summed E-state index contributed by atoms with van der Waals surface area (Å²) in [6.45, 7) is 5.22. The van der Waals surface area contributed by atoms with Crippen molar-refractivity contribution in [2.45, 2.75) is 51.8 Å². The van der Waals surface area contributed by atoms with Crippen LogP contribution in [0, 0.1) is 5.82 Å². The lowest BCUT2D eigenvalue weighted by Gasteiger charge is -2.15. The molecule has 0 aromatic heterocycles. The van der Waals surface area contributed by atoms with Crippen LogP contribution in [0.5, 0.6) is 5.75 Å². The van der Waals surface area contributed by atoms with Crippen LogP contribution in [0.3, 0.4) is 0 Å². The molecule has 1 amide bonds. The Morgan fingerprint density at radius 1 is 1.43 bits per heavy atom. The van der Waals surface area contributed by atoms with E-state index in [4.69, 9.17) is 4.74 Å². The molecular weight excluding hydrogens is 271 g/mol. The number of amides is 1. The van der Waals surface area contributed by atoms with Crippen molar-refractivity contribution in [3.05, 3.63) is 29.6 Å². The van der Waals surface area contributed by atoms with Crippen molar-refractivity contribution < 1.29 is 13.9 Å². The van der Waals surface area contributed by atoms with Crippen LogP contribution in [0.25, 0.3) is 0 Å². The van der Waals surface area contributed by atoms with Gasteiger partial charge in [0.1, 0.15) is 11.6 Å². The molecule has 1 fully saturated rings. The second-order valence-corrected chi connectivity index (χ2v) is 5.51. The van der Waals surface area contributed by atoms with Gasteiger partial charge in [-0.25, -0.2) is 4.39 Å². The summed E-state index contributed by atoms with van der Waals surface area (Å²) < 4.78 is 19.2. The number of ether oxygens (including phenoxy) is 1. The molecule has 0 spiro atoms. The molecule has 0 bridgehead atoms. The van der Waals surface area contributed by atoms with Gasteiger partial charge in [0.05, 0.1) is 0 Å². The number of hydrogen-bond acceptors (Lipinski definition) is 3. The fourth-order valence-corrected chi connectivity index (χ4v) is 2.00. The fraction of sp³-hybridized carbons (Fsp3) is 0.562. The van der Waals surface area contributed by atoms with E-state index in [0.717, 1.165) is 31.4 Å². The molecule has 0 aliphatic heterocycles. The summed E-state index contributed by atoms with van der Waals surface area (Å²) in [7, 11) is 0. The molecule has 21 heavy (non-hydrogen) atoms. The molecular formula is C16H23FN2O2. The van der Waals surface area contributed by atoms with E-state index in [2.05, 4.69) is 17.6 Å². The first-order chi connectivity index (χ1) is 10.1.